The summed E-state index contributed by atoms with van der Waals surface area (Å²) in [5, 5.41) is 20.6. The Morgan fingerprint density at radius 1 is 1.31 bits per heavy atom. The average molecular weight is 497 g/mol. The molecular weight excluding hydrogens is 468 g/mol. The Hall–Kier alpha value is -3.23. The van der Waals surface area contributed by atoms with E-state index in [0.29, 0.717) is 43.4 Å². The average Bonchev–Trinajstić information content (AvgIpc) is 3.46. The minimum atomic E-state index is -3.85. The summed E-state index contributed by atoms with van der Waals surface area (Å²) >= 11 is 0. The van der Waals surface area contributed by atoms with Crippen LogP contribution in [0.25, 0.3) is 21.9 Å². The zero-order chi connectivity index (χ0) is 25.2. The zero-order valence-corrected chi connectivity index (χ0v) is 20.7. The Labute approximate surface area is 203 Å². The maximum Gasteiger partial charge on any atom is 0.407 e. The normalized spacial score (nSPS) is 22.3. The second kappa shape index (κ2) is 7.90. The van der Waals surface area contributed by atoms with Gasteiger partial charge in [0.1, 0.15) is 17.5 Å². The maximum absolute atomic E-state index is 12.9. The third-order valence-corrected chi connectivity index (χ3v) is 8.76. The summed E-state index contributed by atoms with van der Waals surface area (Å²) in [5.74, 6) is 0.0368. The van der Waals surface area contributed by atoms with Gasteiger partial charge in [-0.2, -0.15) is 9.98 Å². The van der Waals surface area contributed by atoms with Crippen molar-refractivity contribution in [3.8, 4) is 6.07 Å². The van der Waals surface area contributed by atoms with Crippen molar-refractivity contribution in [2.45, 2.75) is 68.8 Å². The number of carbonyl (C=O) groups is 1. The molecule has 5 rings (SSSR count). The van der Waals surface area contributed by atoms with Gasteiger partial charge >= 0.3 is 6.09 Å². The first-order valence-electron chi connectivity index (χ1n) is 11.7. The summed E-state index contributed by atoms with van der Waals surface area (Å²) in [7, 11) is -3.85. The number of sulfonamides is 1. The minimum Gasteiger partial charge on any atom is -0.465 e. The Bertz CT molecular complexity index is 1480. The van der Waals surface area contributed by atoms with Gasteiger partial charge in [-0.25, -0.2) is 23.2 Å². The van der Waals surface area contributed by atoms with Crippen molar-refractivity contribution in [1.82, 2.24) is 24.6 Å². The molecule has 1 saturated carbocycles. The molecule has 35 heavy (non-hydrogen) atoms. The molecule has 2 unspecified atom stereocenters. The summed E-state index contributed by atoms with van der Waals surface area (Å²) < 4.78 is 28.3. The monoisotopic (exact) mass is 496 g/mol. The molecule has 3 heterocycles. The van der Waals surface area contributed by atoms with Crippen LogP contribution in [-0.2, 0) is 10.0 Å². The van der Waals surface area contributed by atoms with Crippen molar-refractivity contribution in [3.05, 3.63) is 30.2 Å². The van der Waals surface area contributed by atoms with Crippen molar-refractivity contribution < 1.29 is 18.3 Å². The lowest BCUT2D eigenvalue weighted by Crippen LogP contribution is -2.51. The molecule has 3 aromatic rings. The number of benzene rings is 1. The van der Waals surface area contributed by atoms with Gasteiger partial charge in [-0.15, -0.1) is 0 Å². The number of hydrogen-bond acceptors (Lipinski definition) is 6. The van der Waals surface area contributed by atoms with E-state index < -0.39 is 21.7 Å². The topological polar surface area (TPSA) is 152 Å². The second-order valence-electron chi connectivity index (χ2n) is 10.7. The van der Waals surface area contributed by atoms with Gasteiger partial charge in [0.2, 0.25) is 10.0 Å². The quantitative estimate of drug-likeness (QED) is 0.498. The predicted octanol–water partition coefficient (Wildman–Crippen LogP) is 3.72. The molecule has 10 nitrogen and oxygen atoms in total. The third-order valence-electron chi connectivity index (χ3n) is 7.23. The highest BCUT2D eigenvalue weighted by molar-refractivity contribution is 7.89. The predicted molar refractivity (Wildman–Crippen MR) is 129 cm³/mol. The van der Waals surface area contributed by atoms with Crippen molar-refractivity contribution in [2.24, 2.45) is 5.41 Å². The van der Waals surface area contributed by atoms with Crippen LogP contribution in [0.3, 0.4) is 0 Å². The van der Waals surface area contributed by atoms with E-state index in [2.05, 4.69) is 19.7 Å². The molecule has 1 aliphatic heterocycles. The number of piperidine rings is 1. The van der Waals surface area contributed by atoms with Crippen LogP contribution in [-0.4, -0.2) is 57.6 Å². The number of H-pyrrole nitrogens is 1. The number of rotatable bonds is 4. The molecule has 0 radical (unpaired) electrons. The number of nitrogens with one attached hydrogen (secondary N) is 2. The van der Waals surface area contributed by atoms with Gasteiger partial charge < -0.3 is 15.0 Å². The molecule has 1 saturated heterocycles. The SMILES string of the molecule is CC(C)(C)C1CC(c2ncnc3[nH]c4cc(S(=O)(=O)NC5(C#N)CC5)ccc4c23)CCN1C(=O)O. The Morgan fingerprint density at radius 2 is 2.06 bits per heavy atom. The van der Waals surface area contributed by atoms with Gasteiger partial charge in [0.05, 0.1) is 16.7 Å². The molecule has 0 bridgehead atoms. The van der Waals surface area contributed by atoms with E-state index in [1.807, 2.05) is 26.8 Å². The Morgan fingerprint density at radius 3 is 2.69 bits per heavy atom. The van der Waals surface area contributed by atoms with Crippen LogP contribution < -0.4 is 4.72 Å². The molecule has 1 aromatic carbocycles. The minimum absolute atomic E-state index is 0.0368. The highest BCUT2D eigenvalue weighted by Crippen LogP contribution is 2.42. The molecule has 2 fully saturated rings. The number of nitrogens with zero attached hydrogens (tertiary/aromatic N) is 4. The van der Waals surface area contributed by atoms with E-state index >= 15 is 0 Å². The number of hydrogen-bond donors (Lipinski definition) is 3. The number of carboxylic acid groups (broad SMARTS) is 1. The van der Waals surface area contributed by atoms with Gasteiger partial charge in [0.25, 0.3) is 0 Å². The van der Waals surface area contributed by atoms with Crippen LogP contribution in [0.5, 0.6) is 0 Å². The molecule has 0 spiro atoms. The first-order valence-corrected chi connectivity index (χ1v) is 13.1. The highest BCUT2D eigenvalue weighted by Gasteiger charge is 2.47. The van der Waals surface area contributed by atoms with Gasteiger partial charge in [0.15, 0.2) is 0 Å². The molecule has 3 N–H and O–H groups in total. The van der Waals surface area contributed by atoms with Crippen LogP contribution in [0.4, 0.5) is 4.79 Å². The second-order valence-corrected chi connectivity index (χ2v) is 12.4. The number of aromatic nitrogens is 3. The summed E-state index contributed by atoms with van der Waals surface area (Å²) in [4.78, 5) is 25.7. The van der Waals surface area contributed by atoms with E-state index in [1.54, 1.807) is 12.1 Å². The Balaban J connectivity index is 1.54. The number of fused-ring (bicyclic) bond motifs is 3. The van der Waals surface area contributed by atoms with Crippen molar-refractivity contribution in [2.75, 3.05) is 6.54 Å². The molecular formula is C24H28N6O4S. The van der Waals surface area contributed by atoms with Crippen LogP contribution in [0, 0.1) is 16.7 Å². The third kappa shape index (κ3) is 4.10. The number of aromatic amines is 1. The largest absolute Gasteiger partial charge is 0.465 e. The van der Waals surface area contributed by atoms with Crippen LogP contribution in [0.15, 0.2) is 29.4 Å². The fourth-order valence-electron chi connectivity index (χ4n) is 5.15. The number of nitriles is 1. The molecule has 184 valence electrons. The molecule has 2 aromatic heterocycles. The Kier molecular flexibility index (Phi) is 5.30. The van der Waals surface area contributed by atoms with Gasteiger partial charge in [-0.1, -0.05) is 26.8 Å². The van der Waals surface area contributed by atoms with E-state index in [-0.39, 0.29) is 22.3 Å². The first-order chi connectivity index (χ1) is 16.4. The van der Waals surface area contributed by atoms with E-state index in [1.165, 1.54) is 17.3 Å². The van der Waals surface area contributed by atoms with Crippen LogP contribution in [0.2, 0.25) is 0 Å². The van der Waals surface area contributed by atoms with Gasteiger partial charge in [0, 0.05) is 34.8 Å². The fraction of sp³-hybridized carbons (Fsp3) is 0.500. The summed E-state index contributed by atoms with van der Waals surface area (Å²) in [6.07, 6.45) is 2.88. The molecule has 1 aliphatic carbocycles. The summed E-state index contributed by atoms with van der Waals surface area (Å²) in [6.45, 7) is 6.56. The van der Waals surface area contributed by atoms with Crippen molar-refractivity contribution in [3.63, 3.8) is 0 Å². The smallest absolute Gasteiger partial charge is 0.407 e. The zero-order valence-electron chi connectivity index (χ0n) is 19.9. The molecule has 2 atom stereocenters. The molecule has 2 aliphatic rings. The van der Waals surface area contributed by atoms with Gasteiger partial charge in [-0.05, 0) is 43.2 Å². The van der Waals surface area contributed by atoms with Crippen molar-refractivity contribution in [1.29, 1.82) is 5.26 Å². The lowest BCUT2D eigenvalue weighted by Gasteiger charge is -2.44. The van der Waals surface area contributed by atoms with Crippen LogP contribution in [0.1, 0.15) is 58.1 Å². The fourth-order valence-corrected chi connectivity index (χ4v) is 6.55. The molecule has 11 heteroatoms. The van der Waals surface area contributed by atoms with Crippen molar-refractivity contribution >= 4 is 38.1 Å². The number of likely N-dealkylation sites (tertiary alicyclic amines) is 1. The summed E-state index contributed by atoms with van der Waals surface area (Å²) in [6, 6.07) is 6.73. The highest BCUT2D eigenvalue weighted by atomic mass is 32.2. The van der Waals surface area contributed by atoms with Crippen LogP contribution >= 0.6 is 0 Å². The first kappa shape index (κ1) is 23.5. The lowest BCUT2D eigenvalue weighted by molar-refractivity contribution is 0.0523. The van der Waals surface area contributed by atoms with E-state index in [0.717, 1.165) is 16.5 Å². The van der Waals surface area contributed by atoms with E-state index in [9.17, 15) is 23.6 Å². The van der Waals surface area contributed by atoms with Gasteiger partial charge in [-0.3, -0.25) is 0 Å². The molecule has 1 amide bonds. The summed E-state index contributed by atoms with van der Waals surface area (Å²) in [5.41, 5.74) is 0.831. The number of amides is 1. The van der Waals surface area contributed by atoms with E-state index in [4.69, 9.17) is 0 Å². The standard InChI is InChI=1S/C24H28N6O4S/c1-23(2,3)18-10-14(6-9-30(18)22(31)32)20-19-16-5-4-15(11-17(16)28-21(19)27-13-26-20)35(33,34)29-24(12-25)7-8-24/h4-5,11,13-14,18,29H,6-10H2,1-3H3,(H,31,32)(H,26,27,28). The lowest BCUT2D eigenvalue weighted by atomic mass is 9.76. The maximum atomic E-state index is 12.9.